The minimum atomic E-state index is -1.12. The van der Waals surface area contributed by atoms with E-state index in [2.05, 4.69) is 10.6 Å². The van der Waals surface area contributed by atoms with Gasteiger partial charge in [0.05, 0.1) is 0 Å². The first-order chi connectivity index (χ1) is 8.75. The third kappa shape index (κ3) is 7.23. The number of carbonyl (C=O) groups is 3. The molecular formula is C13H22N2O4. The largest absolute Gasteiger partial charge is 0.478 e. The van der Waals surface area contributed by atoms with E-state index >= 15 is 0 Å². The number of carbonyl (C=O) groups excluding carboxylic acids is 2. The van der Waals surface area contributed by atoms with Gasteiger partial charge in [-0.25, -0.2) is 4.79 Å². The fourth-order valence-corrected chi connectivity index (χ4v) is 1.16. The Hall–Kier alpha value is -1.85. The van der Waals surface area contributed by atoms with Gasteiger partial charge in [0, 0.05) is 30.7 Å². The zero-order valence-corrected chi connectivity index (χ0v) is 11.9. The van der Waals surface area contributed by atoms with E-state index in [1.165, 1.54) is 13.8 Å². The minimum Gasteiger partial charge on any atom is -0.478 e. The molecule has 108 valence electrons. The van der Waals surface area contributed by atoms with Gasteiger partial charge in [-0.15, -0.1) is 0 Å². The van der Waals surface area contributed by atoms with Gasteiger partial charge < -0.3 is 15.7 Å². The van der Waals surface area contributed by atoms with Crippen LogP contribution in [-0.4, -0.2) is 36.0 Å². The van der Waals surface area contributed by atoms with Crippen LogP contribution < -0.4 is 10.6 Å². The lowest BCUT2D eigenvalue weighted by molar-refractivity contribution is -0.133. The van der Waals surface area contributed by atoms with E-state index in [0.717, 1.165) is 0 Å². The molecular weight excluding hydrogens is 248 g/mol. The Labute approximate surface area is 113 Å². The van der Waals surface area contributed by atoms with Crippen LogP contribution in [0.1, 0.15) is 34.1 Å². The van der Waals surface area contributed by atoms with Crippen LogP contribution in [0.15, 0.2) is 11.1 Å². The molecule has 3 N–H and O–H groups in total. The fourth-order valence-electron chi connectivity index (χ4n) is 1.16. The van der Waals surface area contributed by atoms with Gasteiger partial charge in [-0.2, -0.15) is 0 Å². The van der Waals surface area contributed by atoms with Crippen molar-refractivity contribution in [2.75, 3.05) is 13.1 Å². The van der Waals surface area contributed by atoms with E-state index in [0.29, 0.717) is 12.5 Å². The molecule has 0 saturated carbocycles. The summed E-state index contributed by atoms with van der Waals surface area (Å²) in [5, 5.41) is 14.0. The lowest BCUT2D eigenvalue weighted by Crippen LogP contribution is -2.33. The van der Waals surface area contributed by atoms with Crippen molar-refractivity contribution < 1.29 is 19.5 Å². The number of hydrogen-bond acceptors (Lipinski definition) is 3. The minimum absolute atomic E-state index is 0.00163. The molecule has 0 aliphatic rings. The number of aliphatic carboxylic acids is 1. The second-order valence-corrected chi connectivity index (χ2v) is 4.76. The molecule has 0 aliphatic heterocycles. The van der Waals surface area contributed by atoms with Gasteiger partial charge in [0.25, 0.3) is 0 Å². The summed E-state index contributed by atoms with van der Waals surface area (Å²) in [6.07, 6.45) is 0.178. The highest BCUT2D eigenvalue weighted by atomic mass is 16.4. The first-order valence-electron chi connectivity index (χ1n) is 6.21. The van der Waals surface area contributed by atoms with Gasteiger partial charge in [0.2, 0.25) is 11.8 Å². The molecule has 0 aromatic heterocycles. The van der Waals surface area contributed by atoms with Crippen molar-refractivity contribution in [3.63, 3.8) is 0 Å². The first-order valence-corrected chi connectivity index (χ1v) is 6.21. The summed E-state index contributed by atoms with van der Waals surface area (Å²) < 4.78 is 0. The highest BCUT2D eigenvalue weighted by Crippen LogP contribution is 2.03. The van der Waals surface area contributed by atoms with E-state index < -0.39 is 11.9 Å². The molecule has 0 saturated heterocycles. The zero-order valence-electron chi connectivity index (χ0n) is 11.9. The van der Waals surface area contributed by atoms with Crippen LogP contribution >= 0.6 is 0 Å². The molecule has 6 heteroatoms. The van der Waals surface area contributed by atoms with Gasteiger partial charge >= 0.3 is 5.97 Å². The highest BCUT2D eigenvalue weighted by Gasteiger charge is 2.12. The maximum Gasteiger partial charge on any atom is 0.331 e. The lowest BCUT2D eigenvalue weighted by atomic mass is 10.1. The van der Waals surface area contributed by atoms with Crippen molar-refractivity contribution in [3.05, 3.63) is 11.1 Å². The highest BCUT2D eigenvalue weighted by molar-refractivity contribution is 6.01. The first kappa shape index (κ1) is 17.2. The van der Waals surface area contributed by atoms with E-state index in [1.54, 1.807) is 0 Å². The van der Waals surface area contributed by atoms with Gasteiger partial charge in [-0.3, -0.25) is 9.59 Å². The number of hydrogen-bond donors (Lipinski definition) is 3. The Balaban J connectivity index is 4.09. The van der Waals surface area contributed by atoms with Crippen LogP contribution in [0.2, 0.25) is 0 Å². The van der Waals surface area contributed by atoms with Crippen LogP contribution in [0.3, 0.4) is 0 Å². The smallest absolute Gasteiger partial charge is 0.331 e. The van der Waals surface area contributed by atoms with E-state index in [9.17, 15) is 14.4 Å². The van der Waals surface area contributed by atoms with Crippen LogP contribution in [-0.2, 0) is 14.4 Å². The van der Waals surface area contributed by atoms with Gasteiger partial charge in [-0.05, 0) is 19.8 Å². The number of carboxylic acids is 1. The van der Waals surface area contributed by atoms with Gasteiger partial charge in [0.1, 0.15) is 0 Å². The Bertz CT molecular complexity index is 386. The summed E-state index contributed by atoms with van der Waals surface area (Å²) in [6, 6.07) is 0. The predicted molar refractivity (Wildman–Crippen MR) is 71.5 cm³/mol. The monoisotopic (exact) mass is 270 g/mol. The molecule has 0 aromatic rings. The Morgan fingerprint density at radius 2 is 1.63 bits per heavy atom. The summed E-state index contributed by atoms with van der Waals surface area (Å²) in [5.74, 6) is -1.34. The second-order valence-electron chi connectivity index (χ2n) is 4.76. The molecule has 6 nitrogen and oxygen atoms in total. The fraction of sp³-hybridized carbons (Fsp3) is 0.615. The molecule has 0 rings (SSSR count). The van der Waals surface area contributed by atoms with Crippen LogP contribution in [0.4, 0.5) is 0 Å². The lowest BCUT2D eigenvalue weighted by Gasteiger charge is -2.09. The Morgan fingerprint density at radius 1 is 1.05 bits per heavy atom. The van der Waals surface area contributed by atoms with Crippen molar-refractivity contribution in [3.8, 4) is 0 Å². The SMILES string of the molecule is CC(C(=O)O)=C(C)C(=O)NCCC(=O)NCC(C)C. The van der Waals surface area contributed by atoms with Crippen molar-refractivity contribution in [1.29, 1.82) is 0 Å². The average Bonchev–Trinajstić information content (AvgIpc) is 2.34. The molecule has 0 aliphatic carbocycles. The number of carboxylic acid groups (broad SMARTS) is 1. The summed E-state index contributed by atoms with van der Waals surface area (Å²) >= 11 is 0. The number of rotatable bonds is 7. The summed E-state index contributed by atoms with van der Waals surface area (Å²) in [5.41, 5.74) is 0.150. The van der Waals surface area contributed by atoms with Crippen LogP contribution in [0.25, 0.3) is 0 Å². The summed E-state index contributed by atoms with van der Waals surface area (Å²) in [6.45, 7) is 7.58. The van der Waals surface area contributed by atoms with E-state index in [-0.39, 0.29) is 30.0 Å². The molecule has 19 heavy (non-hydrogen) atoms. The van der Waals surface area contributed by atoms with Gasteiger partial charge in [0.15, 0.2) is 0 Å². The standard InChI is InChI=1S/C13H22N2O4/c1-8(2)7-15-11(16)5-6-14-12(17)9(3)10(4)13(18)19/h8H,5-7H2,1-4H3,(H,14,17)(H,15,16)(H,18,19). The number of nitrogens with one attached hydrogen (secondary N) is 2. The molecule has 0 aromatic carbocycles. The normalized spacial score (nSPS) is 11.8. The molecule has 0 radical (unpaired) electrons. The van der Waals surface area contributed by atoms with Crippen molar-refractivity contribution in [2.24, 2.45) is 5.92 Å². The number of amides is 2. The predicted octanol–water partition coefficient (Wildman–Crippen LogP) is 0.686. The molecule has 0 bridgehead atoms. The molecule has 0 unspecified atom stereocenters. The maximum atomic E-state index is 11.6. The van der Waals surface area contributed by atoms with E-state index in [4.69, 9.17) is 5.11 Å². The van der Waals surface area contributed by atoms with Crippen molar-refractivity contribution in [2.45, 2.75) is 34.1 Å². The molecule has 0 atom stereocenters. The van der Waals surface area contributed by atoms with Crippen LogP contribution in [0.5, 0.6) is 0 Å². The molecule has 0 heterocycles. The summed E-state index contributed by atoms with van der Waals surface area (Å²) in [7, 11) is 0. The Morgan fingerprint density at radius 3 is 2.11 bits per heavy atom. The Kier molecular flexibility index (Phi) is 7.48. The van der Waals surface area contributed by atoms with Crippen LogP contribution in [0, 0.1) is 5.92 Å². The molecule has 2 amide bonds. The molecule has 0 spiro atoms. The second kappa shape index (κ2) is 8.29. The summed E-state index contributed by atoms with van der Waals surface area (Å²) in [4.78, 5) is 33.6. The third-order valence-electron chi connectivity index (χ3n) is 2.57. The van der Waals surface area contributed by atoms with Crippen molar-refractivity contribution in [1.82, 2.24) is 10.6 Å². The zero-order chi connectivity index (χ0) is 15.0. The van der Waals surface area contributed by atoms with Crippen molar-refractivity contribution >= 4 is 17.8 Å². The quantitative estimate of drug-likeness (QED) is 0.593. The average molecular weight is 270 g/mol. The maximum absolute atomic E-state index is 11.6. The third-order valence-corrected chi connectivity index (χ3v) is 2.57. The topological polar surface area (TPSA) is 95.5 Å². The molecule has 0 fully saturated rings. The van der Waals surface area contributed by atoms with E-state index in [1.807, 2.05) is 13.8 Å². The van der Waals surface area contributed by atoms with Gasteiger partial charge in [-0.1, -0.05) is 13.8 Å².